The minimum absolute atomic E-state index is 0.108. The number of hydrogen-bond acceptors (Lipinski definition) is 3. The van der Waals surface area contributed by atoms with Crippen LogP contribution in [0, 0.1) is 5.92 Å². The van der Waals surface area contributed by atoms with Crippen molar-refractivity contribution in [1.29, 1.82) is 0 Å². The van der Waals surface area contributed by atoms with Crippen molar-refractivity contribution in [1.82, 2.24) is 15.5 Å². The van der Waals surface area contributed by atoms with Gasteiger partial charge in [0, 0.05) is 18.1 Å². The number of likely N-dealkylation sites (N-methyl/N-ethyl adjacent to an activating group) is 1. The third-order valence-corrected chi connectivity index (χ3v) is 4.78. The van der Waals surface area contributed by atoms with Crippen LogP contribution in [0.3, 0.4) is 0 Å². The lowest BCUT2D eigenvalue weighted by Gasteiger charge is -2.45. The van der Waals surface area contributed by atoms with Crippen LogP contribution in [-0.2, 0) is 4.79 Å². The molecule has 0 heterocycles. The second-order valence-corrected chi connectivity index (χ2v) is 6.80. The first-order valence-corrected chi connectivity index (χ1v) is 8.07. The molecule has 1 fully saturated rings. The smallest absolute Gasteiger partial charge is 0.234 e. The molecule has 4 heteroatoms. The van der Waals surface area contributed by atoms with Gasteiger partial charge >= 0.3 is 0 Å². The summed E-state index contributed by atoms with van der Waals surface area (Å²) in [5.41, 5.74) is 0.217. The van der Waals surface area contributed by atoms with E-state index in [9.17, 15) is 4.79 Å². The standard InChI is InChI=1S/C16H33N3O/c1-6-14(3)18-15(20)11-17-12-16(19(4)5)9-7-8-13(2)10-16/h13-14,17H,6-12H2,1-5H3,(H,18,20). The number of carbonyl (C=O) groups is 1. The van der Waals surface area contributed by atoms with E-state index >= 15 is 0 Å². The van der Waals surface area contributed by atoms with Crippen molar-refractivity contribution in [2.75, 3.05) is 27.2 Å². The predicted molar refractivity (Wildman–Crippen MR) is 84.8 cm³/mol. The van der Waals surface area contributed by atoms with Crippen LogP contribution in [0.2, 0.25) is 0 Å². The molecule has 1 aliphatic carbocycles. The molecule has 118 valence electrons. The zero-order chi connectivity index (χ0) is 15.2. The molecule has 0 aromatic rings. The van der Waals surface area contributed by atoms with Gasteiger partial charge in [-0.25, -0.2) is 0 Å². The van der Waals surface area contributed by atoms with Crippen molar-refractivity contribution in [3.8, 4) is 0 Å². The third-order valence-electron chi connectivity index (χ3n) is 4.78. The van der Waals surface area contributed by atoms with Gasteiger partial charge in [-0.2, -0.15) is 0 Å². The highest BCUT2D eigenvalue weighted by Gasteiger charge is 2.36. The van der Waals surface area contributed by atoms with Crippen LogP contribution >= 0.6 is 0 Å². The van der Waals surface area contributed by atoms with Crippen LogP contribution in [0.25, 0.3) is 0 Å². The lowest BCUT2D eigenvalue weighted by atomic mass is 9.75. The summed E-state index contributed by atoms with van der Waals surface area (Å²) in [6.07, 6.45) is 6.05. The maximum absolute atomic E-state index is 11.8. The van der Waals surface area contributed by atoms with Gasteiger partial charge in [0.25, 0.3) is 0 Å². The van der Waals surface area contributed by atoms with E-state index in [2.05, 4.69) is 43.5 Å². The highest BCUT2D eigenvalue weighted by atomic mass is 16.1. The van der Waals surface area contributed by atoms with Crippen molar-refractivity contribution in [3.05, 3.63) is 0 Å². The molecule has 20 heavy (non-hydrogen) atoms. The number of hydrogen-bond donors (Lipinski definition) is 2. The van der Waals surface area contributed by atoms with Gasteiger partial charge in [0.2, 0.25) is 5.91 Å². The van der Waals surface area contributed by atoms with Crippen molar-refractivity contribution >= 4 is 5.91 Å². The molecule has 0 aromatic carbocycles. The fourth-order valence-corrected chi connectivity index (χ4v) is 3.19. The van der Waals surface area contributed by atoms with E-state index in [0.29, 0.717) is 6.54 Å². The molecule has 2 N–H and O–H groups in total. The summed E-state index contributed by atoms with van der Waals surface area (Å²) in [6, 6.07) is 0.266. The second-order valence-electron chi connectivity index (χ2n) is 6.80. The molecule has 1 saturated carbocycles. The van der Waals surface area contributed by atoms with Gasteiger partial charge in [-0.05, 0) is 46.2 Å². The first-order chi connectivity index (χ1) is 9.39. The average Bonchev–Trinajstić information content (AvgIpc) is 2.38. The Morgan fingerprint density at radius 2 is 2.15 bits per heavy atom. The van der Waals surface area contributed by atoms with Crippen LogP contribution in [0.15, 0.2) is 0 Å². The summed E-state index contributed by atoms with van der Waals surface area (Å²) in [5.74, 6) is 0.888. The Labute approximate surface area is 124 Å². The third kappa shape index (κ3) is 5.06. The maximum atomic E-state index is 11.8. The van der Waals surface area contributed by atoms with Crippen molar-refractivity contribution in [2.45, 2.75) is 64.5 Å². The normalized spacial score (nSPS) is 28.4. The van der Waals surface area contributed by atoms with Crippen LogP contribution in [0.5, 0.6) is 0 Å². The fraction of sp³-hybridized carbons (Fsp3) is 0.938. The molecular formula is C16H33N3O. The number of rotatable bonds is 7. The highest BCUT2D eigenvalue weighted by molar-refractivity contribution is 5.78. The van der Waals surface area contributed by atoms with Gasteiger partial charge in [-0.3, -0.25) is 4.79 Å². The summed E-state index contributed by atoms with van der Waals surface area (Å²) < 4.78 is 0. The lowest BCUT2D eigenvalue weighted by Crippen LogP contribution is -2.55. The number of nitrogens with one attached hydrogen (secondary N) is 2. The monoisotopic (exact) mass is 283 g/mol. The Morgan fingerprint density at radius 3 is 2.70 bits per heavy atom. The molecule has 0 bridgehead atoms. The maximum Gasteiger partial charge on any atom is 0.234 e. The van der Waals surface area contributed by atoms with Gasteiger partial charge in [0.15, 0.2) is 0 Å². The highest BCUT2D eigenvalue weighted by Crippen LogP contribution is 2.35. The molecule has 0 radical (unpaired) electrons. The van der Waals surface area contributed by atoms with E-state index in [0.717, 1.165) is 18.9 Å². The van der Waals surface area contributed by atoms with Gasteiger partial charge in [0.1, 0.15) is 0 Å². The second kappa shape index (κ2) is 7.99. The molecule has 0 saturated heterocycles. The van der Waals surface area contributed by atoms with Crippen molar-refractivity contribution in [3.63, 3.8) is 0 Å². The van der Waals surface area contributed by atoms with Crippen LogP contribution in [0.4, 0.5) is 0 Å². The molecule has 1 rings (SSSR count). The number of nitrogens with zero attached hydrogens (tertiary/aromatic N) is 1. The van der Waals surface area contributed by atoms with Crippen LogP contribution in [0.1, 0.15) is 52.9 Å². The molecule has 0 aromatic heterocycles. The Balaban J connectivity index is 2.42. The molecule has 3 atom stereocenters. The van der Waals surface area contributed by atoms with Crippen molar-refractivity contribution in [2.24, 2.45) is 5.92 Å². The van der Waals surface area contributed by atoms with E-state index in [1.165, 1.54) is 25.7 Å². The summed E-state index contributed by atoms with van der Waals surface area (Å²) in [4.78, 5) is 14.2. The largest absolute Gasteiger partial charge is 0.353 e. The Kier molecular flexibility index (Phi) is 6.96. The van der Waals surface area contributed by atoms with Crippen LogP contribution < -0.4 is 10.6 Å². The molecule has 0 spiro atoms. The number of amides is 1. The van der Waals surface area contributed by atoms with Crippen molar-refractivity contribution < 1.29 is 4.79 Å². The Bertz CT molecular complexity index is 306. The van der Waals surface area contributed by atoms with E-state index in [4.69, 9.17) is 0 Å². The predicted octanol–water partition coefficient (Wildman–Crippen LogP) is 2.00. The molecule has 3 unspecified atom stereocenters. The quantitative estimate of drug-likeness (QED) is 0.751. The Morgan fingerprint density at radius 1 is 1.45 bits per heavy atom. The summed E-state index contributed by atoms with van der Waals surface area (Å²) >= 11 is 0. The van der Waals surface area contributed by atoms with Crippen LogP contribution in [-0.4, -0.2) is 49.6 Å². The molecule has 4 nitrogen and oxygen atoms in total. The minimum Gasteiger partial charge on any atom is -0.353 e. The SMILES string of the molecule is CCC(C)NC(=O)CNCC1(N(C)C)CCCC(C)C1. The fourth-order valence-electron chi connectivity index (χ4n) is 3.19. The molecule has 1 amide bonds. The summed E-state index contributed by atoms with van der Waals surface area (Å²) in [7, 11) is 4.33. The first kappa shape index (κ1) is 17.4. The van der Waals surface area contributed by atoms with E-state index < -0.39 is 0 Å². The van der Waals surface area contributed by atoms with Gasteiger partial charge in [0.05, 0.1) is 6.54 Å². The van der Waals surface area contributed by atoms with E-state index in [-0.39, 0.29) is 17.5 Å². The molecule has 1 aliphatic rings. The summed E-state index contributed by atoms with van der Waals surface area (Å²) in [5, 5.41) is 6.38. The zero-order valence-electron chi connectivity index (χ0n) is 14.0. The lowest BCUT2D eigenvalue weighted by molar-refractivity contribution is -0.121. The molecular weight excluding hydrogens is 250 g/mol. The van der Waals surface area contributed by atoms with E-state index in [1.807, 2.05) is 6.92 Å². The topological polar surface area (TPSA) is 44.4 Å². The van der Waals surface area contributed by atoms with Gasteiger partial charge in [-0.15, -0.1) is 0 Å². The summed E-state index contributed by atoms with van der Waals surface area (Å²) in [6.45, 7) is 7.80. The Hall–Kier alpha value is -0.610. The van der Waals surface area contributed by atoms with Gasteiger partial charge < -0.3 is 15.5 Å². The average molecular weight is 283 g/mol. The molecule has 0 aliphatic heterocycles. The number of carbonyl (C=O) groups excluding carboxylic acids is 1. The van der Waals surface area contributed by atoms with Gasteiger partial charge in [-0.1, -0.05) is 26.7 Å². The minimum atomic E-state index is 0.108. The zero-order valence-corrected chi connectivity index (χ0v) is 14.0. The first-order valence-electron chi connectivity index (χ1n) is 8.07. The van der Waals surface area contributed by atoms with E-state index in [1.54, 1.807) is 0 Å².